The highest BCUT2D eigenvalue weighted by Crippen LogP contribution is 2.25. The predicted octanol–water partition coefficient (Wildman–Crippen LogP) is 2.79. The number of fused-ring (bicyclic) bond motifs is 3. The normalized spacial score (nSPS) is 19.2. The monoisotopic (exact) mass is 363 g/mol. The van der Waals surface area contributed by atoms with E-state index in [2.05, 4.69) is 24.9 Å². The lowest BCUT2D eigenvalue weighted by Crippen LogP contribution is -2.26. The number of carbonyl (C=O) groups is 1. The van der Waals surface area contributed by atoms with Crippen molar-refractivity contribution in [3.8, 4) is 11.3 Å². The van der Waals surface area contributed by atoms with E-state index in [0.717, 1.165) is 48.3 Å². The van der Waals surface area contributed by atoms with Crippen molar-refractivity contribution < 1.29 is 9.53 Å². The number of amides is 1. The lowest BCUT2D eigenvalue weighted by atomic mass is 10.0. The second-order valence-electron chi connectivity index (χ2n) is 7.16. The minimum absolute atomic E-state index is 0.0742. The summed E-state index contributed by atoms with van der Waals surface area (Å²) in [7, 11) is 0. The molecule has 0 spiro atoms. The van der Waals surface area contributed by atoms with Crippen LogP contribution >= 0.6 is 0 Å². The molecule has 1 unspecified atom stereocenters. The zero-order valence-corrected chi connectivity index (χ0v) is 15.0. The highest BCUT2D eigenvalue weighted by Gasteiger charge is 2.23. The van der Waals surface area contributed by atoms with Gasteiger partial charge in [-0.3, -0.25) is 9.20 Å². The molecular weight excluding hydrogens is 342 g/mol. The molecule has 1 aliphatic carbocycles. The minimum Gasteiger partial charge on any atom is -0.368 e. The highest BCUT2D eigenvalue weighted by atomic mass is 16.5. The molecule has 0 radical (unpaired) electrons. The number of hydrogen-bond acceptors (Lipinski definition) is 5. The van der Waals surface area contributed by atoms with E-state index in [0.29, 0.717) is 12.4 Å². The molecule has 138 valence electrons. The van der Waals surface area contributed by atoms with E-state index < -0.39 is 0 Å². The summed E-state index contributed by atoms with van der Waals surface area (Å²) in [5.41, 5.74) is 4.93. The first-order valence-corrected chi connectivity index (χ1v) is 9.54. The van der Waals surface area contributed by atoms with Crippen LogP contribution in [-0.2, 0) is 22.4 Å². The van der Waals surface area contributed by atoms with Crippen molar-refractivity contribution in [1.29, 1.82) is 0 Å². The number of anilines is 1. The Morgan fingerprint density at radius 2 is 1.96 bits per heavy atom. The molecule has 1 amide bonds. The molecule has 5 rings (SSSR count). The van der Waals surface area contributed by atoms with Crippen LogP contribution in [0.15, 0.2) is 30.5 Å². The predicted molar refractivity (Wildman–Crippen MR) is 100 cm³/mol. The van der Waals surface area contributed by atoms with Gasteiger partial charge in [0.25, 0.3) is 11.7 Å². The highest BCUT2D eigenvalue weighted by molar-refractivity contribution is 5.94. The van der Waals surface area contributed by atoms with Gasteiger partial charge in [0.1, 0.15) is 6.10 Å². The third-order valence-corrected chi connectivity index (χ3v) is 5.32. The van der Waals surface area contributed by atoms with E-state index in [9.17, 15) is 4.79 Å². The second kappa shape index (κ2) is 6.74. The molecule has 1 N–H and O–H groups in total. The second-order valence-corrected chi connectivity index (χ2v) is 7.16. The number of aryl methyl sites for hydroxylation is 2. The Morgan fingerprint density at radius 1 is 1.11 bits per heavy atom. The number of nitrogens with zero attached hydrogens (tertiary/aromatic N) is 4. The molecule has 1 saturated heterocycles. The summed E-state index contributed by atoms with van der Waals surface area (Å²) in [6.45, 7) is 0.664. The number of carbonyl (C=O) groups excluding carboxylic acids is 1. The fraction of sp³-hybridized carbons (Fsp3) is 0.400. The van der Waals surface area contributed by atoms with E-state index in [1.54, 1.807) is 0 Å². The quantitative estimate of drug-likeness (QED) is 0.774. The molecule has 27 heavy (non-hydrogen) atoms. The molecule has 1 fully saturated rings. The fourth-order valence-corrected chi connectivity index (χ4v) is 3.86. The first-order chi connectivity index (χ1) is 13.3. The Kier molecular flexibility index (Phi) is 4.09. The zero-order valence-electron chi connectivity index (χ0n) is 15.0. The van der Waals surface area contributed by atoms with Gasteiger partial charge in [-0.25, -0.2) is 4.98 Å². The van der Waals surface area contributed by atoms with Crippen LogP contribution in [0.5, 0.6) is 0 Å². The number of nitrogens with one attached hydrogen (secondary N) is 1. The summed E-state index contributed by atoms with van der Waals surface area (Å²) >= 11 is 0. The fourth-order valence-electron chi connectivity index (χ4n) is 3.86. The van der Waals surface area contributed by atoms with Crippen molar-refractivity contribution in [1.82, 2.24) is 19.6 Å². The Balaban J connectivity index is 1.39. The van der Waals surface area contributed by atoms with Crippen molar-refractivity contribution in [3.63, 3.8) is 0 Å². The maximum atomic E-state index is 12.2. The average molecular weight is 363 g/mol. The van der Waals surface area contributed by atoms with Crippen LogP contribution in [0.2, 0.25) is 0 Å². The van der Waals surface area contributed by atoms with E-state index in [4.69, 9.17) is 4.74 Å². The summed E-state index contributed by atoms with van der Waals surface area (Å²) in [6.07, 6.45) is 7.81. The van der Waals surface area contributed by atoms with Gasteiger partial charge in [-0.1, -0.05) is 12.1 Å². The van der Waals surface area contributed by atoms with Gasteiger partial charge in [0, 0.05) is 29.7 Å². The molecule has 1 aromatic carbocycles. The Labute approximate surface area is 156 Å². The van der Waals surface area contributed by atoms with Crippen LogP contribution in [0.1, 0.15) is 37.1 Å². The van der Waals surface area contributed by atoms with Gasteiger partial charge in [0.15, 0.2) is 0 Å². The van der Waals surface area contributed by atoms with Crippen molar-refractivity contribution in [3.05, 3.63) is 41.9 Å². The van der Waals surface area contributed by atoms with Crippen molar-refractivity contribution >= 4 is 17.4 Å². The summed E-state index contributed by atoms with van der Waals surface area (Å²) in [5, 5.41) is 11.5. The standard InChI is InChI=1S/C20H21N5O2/c26-19(18-6-3-11-27-18)21-14-9-7-13(8-10-14)16-12-25-17-5-2-1-4-15(17)23-24-20(25)22-16/h7-10,12,18H,1-6,11H2,(H,21,26). The van der Waals surface area contributed by atoms with Crippen molar-refractivity contribution in [2.45, 2.75) is 44.6 Å². The topological polar surface area (TPSA) is 81.4 Å². The van der Waals surface area contributed by atoms with Crippen molar-refractivity contribution in [2.24, 2.45) is 0 Å². The number of benzene rings is 1. The third-order valence-electron chi connectivity index (χ3n) is 5.32. The molecule has 7 nitrogen and oxygen atoms in total. The van der Waals surface area contributed by atoms with Gasteiger partial charge in [0.2, 0.25) is 0 Å². The molecule has 1 aliphatic heterocycles. The number of ether oxygens (including phenoxy) is 1. The number of aromatic nitrogens is 4. The van der Waals surface area contributed by atoms with Gasteiger partial charge in [-0.2, -0.15) is 5.10 Å². The Morgan fingerprint density at radius 3 is 2.78 bits per heavy atom. The zero-order chi connectivity index (χ0) is 18.2. The third kappa shape index (κ3) is 3.08. The number of imidazole rings is 1. The number of hydrogen-bond donors (Lipinski definition) is 1. The van der Waals surface area contributed by atoms with Crippen LogP contribution in [-0.4, -0.2) is 38.2 Å². The summed E-state index contributed by atoms with van der Waals surface area (Å²) < 4.78 is 7.49. The average Bonchev–Trinajstić information content (AvgIpc) is 3.38. The van der Waals surface area contributed by atoms with E-state index in [1.807, 2.05) is 30.5 Å². The summed E-state index contributed by atoms with van der Waals surface area (Å²) in [6, 6.07) is 7.72. The Bertz CT molecular complexity index is 990. The molecule has 1 atom stereocenters. The van der Waals surface area contributed by atoms with Gasteiger partial charge in [-0.05, 0) is 50.7 Å². The van der Waals surface area contributed by atoms with Gasteiger partial charge in [-0.15, -0.1) is 5.10 Å². The van der Waals surface area contributed by atoms with Crippen LogP contribution in [0.25, 0.3) is 17.0 Å². The molecule has 3 heterocycles. The minimum atomic E-state index is -0.326. The van der Waals surface area contributed by atoms with Crippen LogP contribution in [0, 0.1) is 0 Å². The lowest BCUT2D eigenvalue weighted by molar-refractivity contribution is -0.124. The molecule has 0 bridgehead atoms. The smallest absolute Gasteiger partial charge is 0.254 e. The molecule has 2 aromatic heterocycles. The number of rotatable bonds is 3. The molecular formula is C20H21N5O2. The maximum absolute atomic E-state index is 12.2. The van der Waals surface area contributed by atoms with E-state index >= 15 is 0 Å². The molecule has 2 aliphatic rings. The van der Waals surface area contributed by atoms with Gasteiger partial charge < -0.3 is 10.1 Å². The van der Waals surface area contributed by atoms with Crippen LogP contribution in [0.3, 0.4) is 0 Å². The lowest BCUT2D eigenvalue weighted by Gasteiger charge is -2.14. The molecule has 7 heteroatoms. The van der Waals surface area contributed by atoms with Crippen LogP contribution < -0.4 is 5.32 Å². The van der Waals surface area contributed by atoms with Gasteiger partial charge >= 0.3 is 0 Å². The van der Waals surface area contributed by atoms with E-state index in [1.165, 1.54) is 18.5 Å². The largest absolute Gasteiger partial charge is 0.368 e. The van der Waals surface area contributed by atoms with E-state index in [-0.39, 0.29) is 12.0 Å². The first kappa shape index (κ1) is 16.4. The van der Waals surface area contributed by atoms with Crippen molar-refractivity contribution in [2.75, 3.05) is 11.9 Å². The van der Waals surface area contributed by atoms with Crippen LogP contribution in [0.4, 0.5) is 5.69 Å². The summed E-state index contributed by atoms with van der Waals surface area (Å²) in [5.74, 6) is 0.566. The Hall–Kier alpha value is -2.80. The maximum Gasteiger partial charge on any atom is 0.254 e. The van der Waals surface area contributed by atoms with Gasteiger partial charge in [0.05, 0.1) is 11.4 Å². The summed E-state index contributed by atoms with van der Waals surface area (Å²) in [4.78, 5) is 16.8. The molecule has 0 saturated carbocycles. The first-order valence-electron chi connectivity index (χ1n) is 9.54. The SMILES string of the molecule is O=C(Nc1ccc(-c2cn3c4c(nnc3n2)CCCC4)cc1)C1CCCO1. The molecule has 3 aromatic rings.